The number of carbonyl (C=O) groups is 2. The molecule has 2 unspecified atom stereocenters. The van der Waals surface area contributed by atoms with Gasteiger partial charge in [0, 0.05) is 12.8 Å². The van der Waals surface area contributed by atoms with Gasteiger partial charge in [-0.2, -0.15) is 0 Å². The summed E-state index contributed by atoms with van der Waals surface area (Å²) in [7, 11) is 5.54. The molecule has 5 heteroatoms. The van der Waals surface area contributed by atoms with E-state index in [1.54, 1.807) is 0 Å². The van der Waals surface area contributed by atoms with E-state index in [1.807, 2.05) is 14.1 Å². The number of esters is 2. The summed E-state index contributed by atoms with van der Waals surface area (Å²) in [6.45, 7) is 1.55. The summed E-state index contributed by atoms with van der Waals surface area (Å²) in [6, 6.07) is 0. The van der Waals surface area contributed by atoms with Gasteiger partial charge >= 0.3 is 11.9 Å². The van der Waals surface area contributed by atoms with Crippen LogP contribution in [0, 0.1) is 11.8 Å². The summed E-state index contributed by atoms with van der Waals surface area (Å²) < 4.78 is 10.0. The van der Waals surface area contributed by atoms with Gasteiger partial charge in [0.05, 0.1) is 13.7 Å². The molecule has 1 aliphatic carbocycles. The Labute approximate surface area is 255 Å². The van der Waals surface area contributed by atoms with Crippen molar-refractivity contribution in [2.45, 2.75) is 173 Å². The van der Waals surface area contributed by atoms with E-state index in [2.05, 4.69) is 4.90 Å². The summed E-state index contributed by atoms with van der Waals surface area (Å²) in [6.07, 6.45) is 34.5. The Morgan fingerprint density at radius 1 is 0.537 bits per heavy atom. The minimum Gasteiger partial charge on any atom is -0.469 e. The van der Waals surface area contributed by atoms with E-state index in [9.17, 15) is 9.59 Å². The van der Waals surface area contributed by atoms with Crippen LogP contribution < -0.4 is 0 Å². The van der Waals surface area contributed by atoms with E-state index in [1.165, 1.54) is 148 Å². The average Bonchev–Trinajstić information content (AvgIpc) is 3.71. The number of hydrogen-bond acceptors (Lipinski definition) is 5. The topological polar surface area (TPSA) is 55.8 Å². The van der Waals surface area contributed by atoms with Crippen LogP contribution >= 0.6 is 0 Å². The predicted molar refractivity (Wildman–Crippen MR) is 173 cm³/mol. The van der Waals surface area contributed by atoms with Crippen LogP contribution in [-0.2, 0) is 19.1 Å². The highest BCUT2D eigenvalue weighted by molar-refractivity contribution is 5.69. The van der Waals surface area contributed by atoms with E-state index in [0.29, 0.717) is 19.4 Å². The monoisotopic (exact) mass is 580 g/mol. The Morgan fingerprint density at radius 3 is 1.37 bits per heavy atom. The van der Waals surface area contributed by atoms with Crippen molar-refractivity contribution in [2.75, 3.05) is 34.4 Å². The predicted octanol–water partition coefficient (Wildman–Crippen LogP) is 10.0. The van der Waals surface area contributed by atoms with Crippen molar-refractivity contribution in [2.24, 2.45) is 11.8 Å². The highest BCUT2D eigenvalue weighted by atomic mass is 16.5. The highest BCUT2D eigenvalue weighted by Crippen LogP contribution is 2.45. The fourth-order valence-electron chi connectivity index (χ4n) is 6.11. The maximum absolute atomic E-state index is 11.6. The van der Waals surface area contributed by atoms with Crippen LogP contribution in [0.3, 0.4) is 0 Å². The molecule has 0 aliphatic heterocycles. The number of nitrogens with zero attached hydrogens (tertiary/aromatic N) is 1. The fourth-order valence-corrected chi connectivity index (χ4v) is 6.11. The van der Waals surface area contributed by atoms with Crippen LogP contribution in [0.1, 0.15) is 173 Å². The molecule has 0 aromatic heterocycles. The van der Waals surface area contributed by atoms with Crippen molar-refractivity contribution < 1.29 is 19.1 Å². The third-order valence-corrected chi connectivity index (χ3v) is 8.97. The molecule has 0 aromatic carbocycles. The minimum atomic E-state index is -0.0631. The Bertz CT molecular complexity index is 608. The normalized spacial score (nSPS) is 16.3. The number of carbonyl (C=O) groups excluding carboxylic acids is 2. The second-order valence-electron chi connectivity index (χ2n) is 13.2. The maximum atomic E-state index is 11.6. The van der Waals surface area contributed by atoms with Gasteiger partial charge in [-0.05, 0) is 58.2 Å². The molecule has 1 aliphatic rings. The van der Waals surface area contributed by atoms with Crippen LogP contribution in [-0.4, -0.2) is 51.2 Å². The highest BCUT2D eigenvalue weighted by Gasteiger charge is 2.34. The van der Waals surface area contributed by atoms with Crippen LogP contribution in [0.2, 0.25) is 0 Å². The first kappa shape index (κ1) is 37.9. The molecule has 0 spiro atoms. The minimum absolute atomic E-state index is 0.0328. The van der Waals surface area contributed by atoms with Crippen LogP contribution in [0.15, 0.2) is 0 Å². The largest absolute Gasteiger partial charge is 0.469 e. The molecule has 1 fully saturated rings. The zero-order chi connectivity index (χ0) is 29.8. The fraction of sp³-hybridized carbons (Fsp3) is 0.944. The summed E-state index contributed by atoms with van der Waals surface area (Å²) in [5.74, 6) is 1.99. The van der Waals surface area contributed by atoms with E-state index >= 15 is 0 Å². The lowest BCUT2D eigenvalue weighted by Gasteiger charge is -2.09. The summed E-state index contributed by atoms with van der Waals surface area (Å²) in [5.41, 5.74) is 0. The van der Waals surface area contributed by atoms with Gasteiger partial charge in [0.15, 0.2) is 0 Å². The second-order valence-corrected chi connectivity index (χ2v) is 13.2. The first-order valence-corrected chi connectivity index (χ1v) is 17.9. The van der Waals surface area contributed by atoms with Crippen molar-refractivity contribution in [1.29, 1.82) is 0 Å². The third-order valence-electron chi connectivity index (χ3n) is 8.97. The molecule has 2 atom stereocenters. The molecule has 0 amide bonds. The molecule has 1 saturated carbocycles. The van der Waals surface area contributed by atoms with Gasteiger partial charge in [-0.1, -0.05) is 135 Å². The lowest BCUT2D eigenvalue weighted by atomic mass is 10.0. The standard InChI is InChI=1S/C36H69NO4/c1-37(2)30-25-29-36(39)41-31-24-20-15-13-11-9-7-5-4-6-8-10-12-14-17-21-26-33-32-34(33)27-22-18-16-19-23-28-35(38)40-3/h33-34H,4-32H2,1-3H3. The molecule has 0 bridgehead atoms. The molecular formula is C36H69NO4. The summed E-state index contributed by atoms with van der Waals surface area (Å²) >= 11 is 0. The van der Waals surface area contributed by atoms with E-state index in [-0.39, 0.29) is 11.9 Å². The molecule has 0 heterocycles. The number of unbranched alkanes of at least 4 members (excludes halogenated alkanes) is 19. The van der Waals surface area contributed by atoms with Crippen molar-refractivity contribution in [1.82, 2.24) is 4.90 Å². The number of rotatable bonds is 31. The smallest absolute Gasteiger partial charge is 0.305 e. The molecule has 41 heavy (non-hydrogen) atoms. The lowest BCUT2D eigenvalue weighted by molar-refractivity contribution is -0.144. The van der Waals surface area contributed by atoms with Gasteiger partial charge in [-0.15, -0.1) is 0 Å². The average molecular weight is 580 g/mol. The van der Waals surface area contributed by atoms with Crippen molar-refractivity contribution in [3.63, 3.8) is 0 Å². The van der Waals surface area contributed by atoms with Gasteiger partial charge in [-0.25, -0.2) is 0 Å². The van der Waals surface area contributed by atoms with Gasteiger partial charge in [0.1, 0.15) is 0 Å². The van der Waals surface area contributed by atoms with Gasteiger partial charge in [-0.3, -0.25) is 9.59 Å². The van der Waals surface area contributed by atoms with Crippen LogP contribution in [0.5, 0.6) is 0 Å². The number of ether oxygens (including phenoxy) is 2. The zero-order valence-electron chi connectivity index (χ0n) is 27.7. The SMILES string of the molecule is COC(=O)CCCCCCCC1CC1CCCCCCCCCCCCCCCCCCOC(=O)CCCN(C)C. The van der Waals surface area contributed by atoms with Gasteiger partial charge < -0.3 is 14.4 Å². The van der Waals surface area contributed by atoms with Gasteiger partial charge in [0.2, 0.25) is 0 Å². The Kier molecular flexibility index (Phi) is 25.6. The molecule has 1 rings (SSSR count). The molecule has 242 valence electrons. The van der Waals surface area contributed by atoms with E-state index < -0.39 is 0 Å². The molecule has 5 nitrogen and oxygen atoms in total. The maximum Gasteiger partial charge on any atom is 0.305 e. The molecular weight excluding hydrogens is 510 g/mol. The van der Waals surface area contributed by atoms with Crippen molar-refractivity contribution in [3.8, 4) is 0 Å². The zero-order valence-corrected chi connectivity index (χ0v) is 27.7. The second kappa shape index (κ2) is 27.7. The van der Waals surface area contributed by atoms with Crippen LogP contribution in [0.4, 0.5) is 0 Å². The number of hydrogen-bond donors (Lipinski definition) is 0. The molecule has 0 N–H and O–H groups in total. The Balaban J connectivity index is 1.68. The lowest BCUT2D eigenvalue weighted by Crippen LogP contribution is -2.15. The molecule has 0 saturated heterocycles. The van der Waals surface area contributed by atoms with E-state index in [4.69, 9.17) is 9.47 Å². The van der Waals surface area contributed by atoms with Gasteiger partial charge in [0.25, 0.3) is 0 Å². The summed E-state index contributed by atoms with van der Waals surface area (Å²) in [4.78, 5) is 24.9. The van der Waals surface area contributed by atoms with E-state index in [0.717, 1.165) is 37.6 Å². The first-order valence-electron chi connectivity index (χ1n) is 17.9. The van der Waals surface area contributed by atoms with Crippen LogP contribution in [0.25, 0.3) is 0 Å². The van der Waals surface area contributed by atoms with Crippen molar-refractivity contribution >= 4 is 11.9 Å². The summed E-state index contributed by atoms with van der Waals surface area (Å²) in [5, 5.41) is 0. The van der Waals surface area contributed by atoms with Crippen molar-refractivity contribution in [3.05, 3.63) is 0 Å². The quantitative estimate of drug-likeness (QED) is 0.0604. The Hall–Kier alpha value is -1.10. The number of methoxy groups -OCH3 is 1. The third kappa shape index (κ3) is 26.3. The Morgan fingerprint density at radius 2 is 0.927 bits per heavy atom. The first-order chi connectivity index (χ1) is 20.0. The molecule has 0 aromatic rings. The molecule has 0 radical (unpaired) electrons.